The molecule has 11 heteroatoms. The molecule has 0 aliphatic rings. The smallest absolute Gasteiger partial charge is 0.364 e. The molecular formula is C10H11F3N4O3S. The normalized spacial score (nSPS) is 12.8. The lowest BCUT2D eigenvalue weighted by Gasteiger charge is -2.06. The van der Waals surface area contributed by atoms with Crippen LogP contribution in [0.4, 0.5) is 13.2 Å². The number of alkyl halides is 3. The third-order valence-corrected chi connectivity index (χ3v) is 4.12. The van der Waals surface area contributed by atoms with Crippen LogP contribution in [-0.2, 0) is 34.1 Å². The maximum absolute atomic E-state index is 12.6. The second-order valence-electron chi connectivity index (χ2n) is 4.25. The first-order chi connectivity index (χ1) is 9.73. The lowest BCUT2D eigenvalue weighted by Crippen LogP contribution is -2.15. The van der Waals surface area contributed by atoms with Crippen molar-refractivity contribution < 1.29 is 26.1 Å². The number of hydrogen-bond donors (Lipinski definition) is 0. The van der Waals surface area contributed by atoms with Crippen LogP contribution in [0.5, 0.6) is 0 Å². The monoisotopic (exact) mass is 324 g/mol. The summed E-state index contributed by atoms with van der Waals surface area (Å²) in [4.78, 5) is 0. The molecule has 0 saturated heterocycles. The van der Waals surface area contributed by atoms with Gasteiger partial charge in [0.2, 0.25) is 0 Å². The molecule has 0 amide bonds. The highest BCUT2D eigenvalue weighted by atomic mass is 32.2. The van der Waals surface area contributed by atoms with Gasteiger partial charge in [-0.3, -0.25) is 0 Å². The Morgan fingerprint density at radius 1 is 1.33 bits per heavy atom. The molecule has 0 atom stereocenters. The van der Waals surface area contributed by atoms with Crippen molar-refractivity contribution in [2.24, 2.45) is 0 Å². The van der Waals surface area contributed by atoms with Gasteiger partial charge in [0.05, 0.1) is 5.75 Å². The van der Waals surface area contributed by atoms with Crippen molar-refractivity contribution in [3.8, 4) is 0 Å². The number of nitrogens with zero attached hydrogens (tertiary/aromatic N) is 4. The minimum Gasteiger partial charge on any atom is -0.364 e. The van der Waals surface area contributed by atoms with E-state index >= 15 is 0 Å². The van der Waals surface area contributed by atoms with Crippen molar-refractivity contribution in [1.82, 2.24) is 19.9 Å². The maximum atomic E-state index is 12.6. The van der Waals surface area contributed by atoms with E-state index in [-0.39, 0.29) is 5.82 Å². The first-order valence-electron chi connectivity index (χ1n) is 5.80. The van der Waals surface area contributed by atoms with Gasteiger partial charge in [0.15, 0.2) is 15.5 Å². The van der Waals surface area contributed by atoms with E-state index < -0.39 is 38.8 Å². The van der Waals surface area contributed by atoms with E-state index in [9.17, 15) is 21.6 Å². The Kier molecular flexibility index (Phi) is 4.03. The van der Waals surface area contributed by atoms with Crippen LogP contribution in [0.3, 0.4) is 0 Å². The SMILES string of the molecule is CCn1cnnc1CS(=O)(=O)Cc1conc1C(F)(F)F. The molecule has 0 aliphatic heterocycles. The third-order valence-electron chi connectivity index (χ3n) is 2.67. The fourth-order valence-electron chi connectivity index (χ4n) is 1.73. The van der Waals surface area contributed by atoms with Crippen LogP contribution >= 0.6 is 0 Å². The number of sulfone groups is 1. The molecule has 0 bridgehead atoms. The Labute approximate surface area is 117 Å². The Balaban J connectivity index is 2.21. The van der Waals surface area contributed by atoms with Gasteiger partial charge in [-0.25, -0.2) is 8.42 Å². The van der Waals surface area contributed by atoms with E-state index in [0.717, 1.165) is 0 Å². The van der Waals surface area contributed by atoms with E-state index in [4.69, 9.17) is 0 Å². The van der Waals surface area contributed by atoms with Crippen LogP contribution in [0.25, 0.3) is 0 Å². The minimum absolute atomic E-state index is 0.169. The maximum Gasteiger partial charge on any atom is 0.437 e. The summed E-state index contributed by atoms with van der Waals surface area (Å²) in [5, 5.41) is 10.0. The Morgan fingerprint density at radius 3 is 2.67 bits per heavy atom. The molecule has 0 saturated carbocycles. The van der Waals surface area contributed by atoms with E-state index in [1.165, 1.54) is 10.9 Å². The zero-order chi connectivity index (χ0) is 15.7. The Bertz CT molecular complexity index is 720. The number of rotatable bonds is 5. The molecule has 0 spiro atoms. The molecule has 21 heavy (non-hydrogen) atoms. The molecule has 2 rings (SSSR count). The average Bonchev–Trinajstić information content (AvgIpc) is 2.95. The molecule has 2 heterocycles. The standard InChI is InChI=1S/C10H11F3N4O3S/c1-2-17-6-14-15-8(17)5-21(18,19)4-7-3-20-16-9(7)10(11,12)13/h3,6H,2,4-5H2,1H3. The largest absolute Gasteiger partial charge is 0.437 e. The zero-order valence-corrected chi connectivity index (χ0v) is 11.6. The van der Waals surface area contributed by atoms with Crippen molar-refractivity contribution >= 4 is 9.84 Å². The van der Waals surface area contributed by atoms with E-state index in [0.29, 0.717) is 12.8 Å². The molecule has 2 aromatic heterocycles. The quantitative estimate of drug-likeness (QED) is 0.826. The fourth-order valence-corrected chi connectivity index (χ4v) is 3.13. The zero-order valence-electron chi connectivity index (χ0n) is 10.8. The number of aryl methyl sites for hydroxylation is 1. The van der Waals surface area contributed by atoms with E-state index in [1.54, 1.807) is 6.92 Å². The predicted molar refractivity (Wildman–Crippen MR) is 63.5 cm³/mol. The highest BCUT2D eigenvalue weighted by Gasteiger charge is 2.38. The molecule has 0 fully saturated rings. The van der Waals surface area contributed by atoms with Gasteiger partial charge in [0.1, 0.15) is 24.2 Å². The summed E-state index contributed by atoms with van der Waals surface area (Å²) in [6.07, 6.45) is -2.72. The van der Waals surface area contributed by atoms with Crippen molar-refractivity contribution in [1.29, 1.82) is 0 Å². The van der Waals surface area contributed by atoms with Gasteiger partial charge >= 0.3 is 6.18 Å². The molecule has 116 valence electrons. The van der Waals surface area contributed by atoms with Gasteiger partial charge in [-0.1, -0.05) is 5.16 Å². The second-order valence-corrected chi connectivity index (χ2v) is 6.32. The van der Waals surface area contributed by atoms with Crippen molar-refractivity contribution in [3.63, 3.8) is 0 Å². The Hall–Kier alpha value is -1.91. The van der Waals surface area contributed by atoms with Crippen LogP contribution in [0, 0.1) is 0 Å². The summed E-state index contributed by atoms with van der Waals surface area (Å²) in [5.41, 5.74) is -1.85. The molecule has 0 unspecified atom stereocenters. The van der Waals surface area contributed by atoms with Gasteiger partial charge in [0.25, 0.3) is 0 Å². The number of halogens is 3. The highest BCUT2D eigenvalue weighted by Crippen LogP contribution is 2.31. The molecule has 0 aromatic carbocycles. The van der Waals surface area contributed by atoms with Crippen molar-refractivity contribution in [2.75, 3.05) is 0 Å². The molecule has 0 N–H and O–H groups in total. The van der Waals surface area contributed by atoms with E-state index in [1.807, 2.05) is 0 Å². The topological polar surface area (TPSA) is 90.9 Å². The third kappa shape index (κ3) is 3.60. The van der Waals surface area contributed by atoms with Gasteiger partial charge in [-0.15, -0.1) is 10.2 Å². The fraction of sp³-hybridized carbons (Fsp3) is 0.500. The molecule has 2 aromatic rings. The van der Waals surface area contributed by atoms with Gasteiger partial charge in [0, 0.05) is 12.1 Å². The van der Waals surface area contributed by atoms with E-state index in [2.05, 4.69) is 19.9 Å². The first-order valence-corrected chi connectivity index (χ1v) is 7.62. The number of hydrogen-bond acceptors (Lipinski definition) is 6. The first kappa shape index (κ1) is 15.5. The van der Waals surface area contributed by atoms with Crippen molar-refractivity contribution in [2.45, 2.75) is 31.2 Å². The van der Waals surface area contributed by atoms with Crippen LogP contribution in [0.2, 0.25) is 0 Å². The van der Waals surface area contributed by atoms with Crippen molar-refractivity contribution in [3.05, 3.63) is 29.7 Å². The summed E-state index contributed by atoms with van der Waals surface area (Å²) >= 11 is 0. The minimum atomic E-state index is -4.76. The Morgan fingerprint density at radius 2 is 2.05 bits per heavy atom. The summed E-state index contributed by atoms with van der Waals surface area (Å²) < 4.78 is 67.5. The van der Waals surface area contributed by atoms with Crippen LogP contribution in [0.1, 0.15) is 24.0 Å². The van der Waals surface area contributed by atoms with Gasteiger partial charge in [-0.2, -0.15) is 13.2 Å². The summed E-state index contributed by atoms with van der Waals surface area (Å²) in [6, 6.07) is 0. The molecular weight excluding hydrogens is 313 g/mol. The predicted octanol–water partition coefficient (Wildman–Crippen LogP) is 1.42. The summed E-state index contributed by atoms with van der Waals surface area (Å²) in [7, 11) is -3.87. The van der Waals surface area contributed by atoms with Crippen LogP contribution < -0.4 is 0 Å². The summed E-state index contributed by atoms with van der Waals surface area (Å²) in [6.45, 7) is 2.22. The van der Waals surface area contributed by atoms with Gasteiger partial charge in [-0.05, 0) is 6.92 Å². The molecule has 7 nitrogen and oxygen atoms in total. The average molecular weight is 324 g/mol. The molecule has 0 aliphatic carbocycles. The second kappa shape index (κ2) is 5.47. The molecule has 0 radical (unpaired) electrons. The van der Waals surface area contributed by atoms with Crippen LogP contribution in [-0.4, -0.2) is 28.3 Å². The lowest BCUT2D eigenvalue weighted by molar-refractivity contribution is -0.143. The van der Waals surface area contributed by atoms with Crippen LogP contribution in [0.15, 0.2) is 17.1 Å². The summed E-state index contributed by atoms with van der Waals surface area (Å²) in [5.74, 6) is -1.17. The number of aromatic nitrogens is 4. The van der Waals surface area contributed by atoms with Gasteiger partial charge < -0.3 is 9.09 Å². The lowest BCUT2D eigenvalue weighted by atomic mass is 10.3. The highest BCUT2D eigenvalue weighted by molar-refractivity contribution is 7.89.